The summed E-state index contributed by atoms with van der Waals surface area (Å²) in [5, 5.41) is 0. The van der Waals surface area contributed by atoms with Gasteiger partial charge in [-0.15, -0.1) is 0 Å². The Balaban J connectivity index is 2.49. The van der Waals surface area contributed by atoms with Crippen LogP contribution in [0.15, 0.2) is 45.3 Å². The van der Waals surface area contributed by atoms with Crippen LogP contribution in [-0.2, 0) is 5.41 Å². The number of benzene rings is 2. The number of rotatable bonds is 1. The maximum atomic E-state index is 3.66. The molecule has 0 aromatic heterocycles. The van der Waals surface area contributed by atoms with E-state index in [0.717, 1.165) is 8.95 Å². The van der Waals surface area contributed by atoms with E-state index in [-0.39, 0.29) is 5.41 Å². The summed E-state index contributed by atoms with van der Waals surface area (Å²) in [6.45, 7) is 8.81. The van der Waals surface area contributed by atoms with Crippen LogP contribution in [0.2, 0.25) is 0 Å². The maximum absolute atomic E-state index is 3.66. The quantitative estimate of drug-likeness (QED) is 0.529. The van der Waals surface area contributed by atoms with Crippen LogP contribution in [0.25, 0.3) is 11.1 Å². The van der Waals surface area contributed by atoms with Gasteiger partial charge in [-0.2, -0.15) is 0 Å². The molecule has 0 fully saturated rings. The van der Waals surface area contributed by atoms with Crippen molar-refractivity contribution in [2.75, 3.05) is 0 Å². The molecule has 2 rings (SSSR count). The molecule has 0 aliphatic carbocycles. The Morgan fingerprint density at radius 2 is 1.32 bits per heavy atom. The lowest BCUT2D eigenvalue weighted by Gasteiger charge is -2.19. The summed E-state index contributed by atoms with van der Waals surface area (Å²) < 4.78 is 2.26. The first-order valence-electron chi connectivity index (χ1n) is 6.35. The number of hydrogen-bond donors (Lipinski definition) is 0. The second kappa shape index (κ2) is 5.41. The van der Waals surface area contributed by atoms with Crippen molar-refractivity contribution in [1.82, 2.24) is 0 Å². The molecule has 0 nitrogen and oxygen atoms in total. The molecule has 2 aromatic carbocycles. The van der Waals surface area contributed by atoms with Crippen molar-refractivity contribution in [3.8, 4) is 11.1 Å². The Kier molecular flexibility index (Phi) is 4.22. The fourth-order valence-electron chi connectivity index (χ4n) is 2.11. The van der Waals surface area contributed by atoms with Crippen LogP contribution in [0, 0.1) is 6.92 Å². The zero-order valence-electron chi connectivity index (χ0n) is 11.7. The first kappa shape index (κ1) is 14.8. The molecule has 0 saturated heterocycles. The van der Waals surface area contributed by atoms with E-state index in [2.05, 4.69) is 96.0 Å². The van der Waals surface area contributed by atoms with Gasteiger partial charge in [-0.05, 0) is 41.2 Å². The molecule has 19 heavy (non-hydrogen) atoms. The average molecular weight is 382 g/mol. The predicted octanol–water partition coefficient (Wildman–Crippen LogP) is 6.48. The van der Waals surface area contributed by atoms with E-state index in [9.17, 15) is 0 Å². The summed E-state index contributed by atoms with van der Waals surface area (Å²) in [5.41, 5.74) is 5.24. The highest BCUT2D eigenvalue weighted by atomic mass is 79.9. The van der Waals surface area contributed by atoms with Gasteiger partial charge in [0, 0.05) is 14.5 Å². The second-order valence-corrected chi connectivity index (χ2v) is 7.64. The van der Waals surface area contributed by atoms with Crippen molar-refractivity contribution < 1.29 is 0 Å². The molecule has 0 aliphatic heterocycles. The number of halogens is 2. The Bertz CT molecular complexity index is 567. The van der Waals surface area contributed by atoms with Gasteiger partial charge >= 0.3 is 0 Å². The molecule has 0 bridgehead atoms. The van der Waals surface area contributed by atoms with Gasteiger partial charge in [0.05, 0.1) is 0 Å². The zero-order valence-corrected chi connectivity index (χ0v) is 14.9. The van der Waals surface area contributed by atoms with E-state index in [1.807, 2.05) is 0 Å². The van der Waals surface area contributed by atoms with Crippen LogP contribution in [-0.4, -0.2) is 0 Å². The molecule has 0 heterocycles. The van der Waals surface area contributed by atoms with E-state index >= 15 is 0 Å². The van der Waals surface area contributed by atoms with Crippen molar-refractivity contribution >= 4 is 31.9 Å². The molecule has 2 heteroatoms. The van der Waals surface area contributed by atoms with Crippen molar-refractivity contribution in [2.24, 2.45) is 0 Å². The molecular formula is C17H18Br2. The van der Waals surface area contributed by atoms with E-state index in [1.54, 1.807) is 0 Å². The first-order valence-corrected chi connectivity index (χ1v) is 7.94. The Labute approximate surface area is 132 Å². The van der Waals surface area contributed by atoms with Crippen molar-refractivity contribution in [3.05, 3.63) is 56.5 Å². The minimum Gasteiger partial charge on any atom is -0.0579 e. The largest absolute Gasteiger partial charge is 0.0579 e. The molecule has 0 spiro atoms. The summed E-state index contributed by atoms with van der Waals surface area (Å²) in [4.78, 5) is 0. The third-order valence-corrected chi connectivity index (χ3v) is 4.48. The van der Waals surface area contributed by atoms with Gasteiger partial charge in [-0.1, -0.05) is 76.9 Å². The molecule has 0 radical (unpaired) electrons. The van der Waals surface area contributed by atoms with E-state index in [0.29, 0.717) is 0 Å². The van der Waals surface area contributed by atoms with Gasteiger partial charge in [0.25, 0.3) is 0 Å². The van der Waals surface area contributed by atoms with Crippen molar-refractivity contribution in [3.63, 3.8) is 0 Å². The lowest BCUT2D eigenvalue weighted by molar-refractivity contribution is 0.590. The van der Waals surface area contributed by atoms with Crippen LogP contribution in [0.5, 0.6) is 0 Å². The molecule has 2 aromatic rings. The molecule has 0 N–H and O–H groups in total. The van der Waals surface area contributed by atoms with E-state index < -0.39 is 0 Å². The summed E-state index contributed by atoms with van der Waals surface area (Å²) in [6.07, 6.45) is 0. The van der Waals surface area contributed by atoms with Crippen LogP contribution < -0.4 is 0 Å². The van der Waals surface area contributed by atoms with Crippen LogP contribution in [0.1, 0.15) is 31.9 Å². The van der Waals surface area contributed by atoms with Gasteiger partial charge in [0.2, 0.25) is 0 Å². The molecule has 0 saturated carbocycles. The van der Waals surface area contributed by atoms with E-state index in [1.165, 1.54) is 22.3 Å². The van der Waals surface area contributed by atoms with Crippen molar-refractivity contribution in [1.29, 1.82) is 0 Å². The van der Waals surface area contributed by atoms with Gasteiger partial charge in [0.1, 0.15) is 0 Å². The predicted molar refractivity (Wildman–Crippen MR) is 90.7 cm³/mol. The summed E-state index contributed by atoms with van der Waals surface area (Å²) >= 11 is 7.33. The lowest BCUT2D eigenvalue weighted by Crippen LogP contribution is -2.10. The van der Waals surface area contributed by atoms with Gasteiger partial charge in [-0.3, -0.25) is 0 Å². The minimum absolute atomic E-state index is 0.195. The molecule has 0 aliphatic rings. The molecular weight excluding hydrogens is 364 g/mol. The normalized spacial score (nSPS) is 11.7. The topological polar surface area (TPSA) is 0 Å². The monoisotopic (exact) mass is 380 g/mol. The highest BCUT2D eigenvalue weighted by Crippen LogP contribution is 2.37. The van der Waals surface area contributed by atoms with Gasteiger partial charge in [-0.25, -0.2) is 0 Å². The van der Waals surface area contributed by atoms with E-state index in [4.69, 9.17) is 0 Å². The number of hydrogen-bond acceptors (Lipinski definition) is 0. The van der Waals surface area contributed by atoms with Crippen LogP contribution in [0.4, 0.5) is 0 Å². The maximum Gasteiger partial charge on any atom is 0.0267 e. The Hall–Kier alpha value is -0.600. The fraction of sp³-hybridized carbons (Fsp3) is 0.294. The average Bonchev–Trinajstić information content (AvgIpc) is 2.27. The smallest absolute Gasteiger partial charge is 0.0267 e. The Morgan fingerprint density at radius 1 is 0.842 bits per heavy atom. The highest BCUT2D eigenvalue weighted by Gasteiger charge is 2.14. The summed E-state index contributed by atoms with van der Waals surface area (Å²) in [6, 6.07) is 13.1. The molecule has 0 amide bonds. The molecule has 0 unspecified atom stereocenters. The second-order valence-electron chi connectivity index (χ2n) is 5.93. The third kappa shape index (κ3) is 3.29. The van der Waals surface area contributed by atoms with Crippen LogP contribution in [0.3, 0.4) is 0 Å². The van der Waals surface area contributed by atoms with Gasteiger partial charge in [0.15, 0.2) is 0 Å². The molecule has 0 atom stereocenters. The Morgan fingerprint density at radius 3 is 1.74 bits per heavy atom. The fourth-order valence-corrected chi connectivity index (χ4v) is 3.99. The molecule has 100 valence electrons. The highest BCUT2D eigenvalue weighted by molar-refractivity contribution is 9.11. The summed E-state index contributed by atoms with van der Waals surface area (Å²) in [5.74, 6) is 0. The first-order chi connectivity index (χ1) is 8.79. The SMILES string of the molecule is Cc1cc(Br)c(-c2ccc(C(C)(C)C)cc2)c(Br)c1. The van der Waals surface area contributed by atoms with Crippen molar-refractivity contribution in [2.45, 2.75) is 33.1 Å². The number of aryl methyl sites for hydroxylation is 1. The van der Waals surface area contributed by atoms with Crippen LogP contribution >= 0.6 is 31.9 Å². The summed E-state index contributed by atoms with van der Waals surface area (Å²) in [7, 11) is 0. The third-order valence-electron chi connectivity index (χ3n) is 3.23. The zero-order chi connectivity index (χ0) is 14.2. The standard InChI is InChI=1S/C17H18Br2/c1-11-9-14(18)16(15(19)10-11)12-5-7-13(8-6-12)17(2,3)4/h5-10H,1-4H3. The lowest BCUT2D eigenvalue weighted by atomic mass is 9.86. The van der Waals surface area contributed by atoms with Gasteiger partial charge < -0.3 is 0 Å². The minimum atomic E-state index is 0.195.